The van der Waals surface area contributed by atoms with Crippen LogP contribution in [0.3, 0.4) is 0 Å². The number of hydrogen-bond donors (Lipinski definition) is 0. The van der Waals surface area contributed by atoms with Crippen LogP contribution < -0.4 is 4.90 Å². The Bertz CT molecular complexity index is 691. The molecule has 1 aliphatic rings. The summed E-state index contributed by atoms with van der Waals surface area (Å²) in [5.41, 5.74) is 2.80. The maximum atomic E-state index is 12.4. The zero-order valence-corrected chi connectivity index (χ0v) is 14.2. The van der Waals surface area contributed by atoms with Gasteiger partial charge in [-0.2, -0.15) is 0 Å². The van der Waals surface area contributed by atoms with Gasteiger partial charge < -0.3 is 4.74 Å². The lowest BCUT2D eigenvalue weighted by molar-refractivity contribution is 0.146. The first-order chi connectivity index (χ1) is 10.7. The van der Waals surface area contributed by atoms with E-state index in [4.69, 9.17) is 16.3 Å². The Morgan fingerprint density at radius 3 is 2.77 bits per heavy atom. The minimum atomic E-state index is -0.340. The Morgan fingerprint density at radius 2 is 2.00 bits per heavy atom. The van der Waals surface area contributed by atoms with Crippen LogP contribution >= 0.6 is 27.5 Å². The van der Waals surface area contributed by atoms with Crippen LogP contribution in [0, 0.1) is 0 Å². The summed E-state index contributed by atoms with van der Waals surface area (Å²) in [6.07, 6.45) is 1.41. The smallest absolute Gasteiger partial charge is 0.414 e. The van der Waals surface area contributed by atoms with Gasteiger partial charge in [-0.15, -0.1) is 0 Å². The van der Waals surface area contributed by atoms with E-state index in [-0.39, 0.29) is 12.7 Å². The summed E-state index contributed by atoms with van der Waals surface area (Å²) in [5, 5.41) is 0.693. The summed E-state index contributed by atoms with van der Waals surface area (Å²) in [6, 6.07) is 13.4. The topological polar surface area (TPSA) is 29.5 Å². The first-order valence-electron chi connectivity index (χ1n) is 7.12. The second kappa shape index (κ2) is 6.71. The Morgan fingerprint density at radius 1 is 1.23 bits per heavy atom. The van der Waals surface area contributed by atoms with Crippen LogP contribution in [0.25, 0.3) is 0 Å². The molecule has 114 valence electrons. The molecule has 0 aliphatic carbocycles. The first-order valence-corrected chi connectivity index (χ1v) is 8.29. The van der Waals surface area contributed by atoms with E-state index in [0.717, 1.165) is 34.1 Å². The highest BCUT2D eigenvalue weighted by atomic mass is 79.9. The van der Waals surface area contributed by atoms with Crippen molar-refractivity contribution in [3.05, 3.63) is 63.1 Å². The van der Waals surface area contributed by atoms with Crippen molar-refractivity contribution in [1.82, 2.24) is 0 Å². The van der Waals surface area contributed by atoms with E-state index in [1.54, 1.807) is 4.90 Å². The highest BCUT2D eigenvalue weighted by molar-refractivity contribution is 9.10. The molecule has 0 bridgehead atoms. The van der Waals surface area contributed by atoms with Crippen LogP contribution in [-0.2, 0) is 17.8 Å². The summed E-state index contributed by atoms with van der Waals surface area (Å²) in [5.74, 6) is 0. The molecule has 0 unspecified atom stereocenters. The molecule has 0 aromatic heterocycles. The summed E-state index contributed by atoms with van der Waals surface area (Å²) < 4.78 is 6.31. The lowest BCUT2D eigenvalue weighted by atomic mass is 10.0. The van der Waals surface area contributed by atoms with E-state index in [1.807, 2.05) is 42.5 Å². The first kappa shape index (κ1) is 15.4. The van der Waals surface area contributed by atoms with Crippen LogP contribution in [0.4, 0.5) is 10.5 Å². The Labute approximate surface area is 143 Å². The van der Waals surface area contributed by atoms with Crippen molar-refractivity contribution < 1.29 is 9.53 Å². The molecule has 2 aromatic rings. The molecule has 1 heterocycles. The zero-order valence-electron chi connectivity index (χ0n) is 11.9. The number of carbonyl (C=O) groups is 1. The van der Waals surface area contributed by atoms with Gasteiger partial charge in [0, 0.05) is 16.0 Å². The number of nitrogens with zero attached hydrogens (tertiary/aromatic N) is 1. The largest absolute Gasteiger partial charge is 0.444 e. The predicted octanol–water partition coefficient (Wildman–Crippen LogP) is 5.19. The molecule has 3 rings (SSSR count). The number of ether oxygens (including phenoxy) is 1. The molecule has 5 heteroatoms. The second-order valence-electron chi connectivity index (χ2n) is 5.15. The predicted molar refractivity (Wildman–Crippen MR) is 91.4 cm³/mol. The van der Waals surface area contributed by atoms with Crippen molar-refractivity contribution in [2.75, 3.05) is 11.4 Å². The lowest BCUT2D eigenvalue weighted by Crippen LogP contribution is -2.36. The van der Waals surface area contributed by atoms with Gasteiger partial charge >= 0.3 is 6.09 Å². The van der Waals surface area contributed by atoms with Crippen LogP contribution in [0.1, 0.15) is 17.5 Å². The monoisotopic (exact) mass is 379 g/mol. The third kappa shape index (κ3) is 3.13. The molecule has 2 aromatic carbocycles. The fourth-order valence-electron chi connectivity index (χ4n) is 2.62. The fourth-order valence-corrected chi connectivity index (χ4v) is 3.45. The molecule has 0 atom stereocenters. The Hall–Kier alpha value is -1.52. The van der Waals surface area contributed by atoms with Crippen molar-refractivity contribution in [2.45, 2.75) is 19.4 Å². The third-order valence-corrected chi connectivity index (χ3v) is 4.67. The number of amides is 1. The molecule has 0 radical (unpaired) electrons. The normalized spacial score (nSPS) is 13.6. The van der Waals surface area contributed by atoms with Gasteiger partial charge in [0.05, 0.1) is 5.69 Å². The van der Waals surface area contributed by atoms with E-state index in [1.165, 1.54) is 0 Å². The van der Waals surface area contributed by atoms with Crippen molar-refractivity contribution >= 4 is 39.3 Å². The van der Waals surface area contributed by atoms with Gasteiger partial charge in [-0.05, 0) is 52.0 Å². The van der Waals surface area contributed by atoms with Gasteiger partial charge in [-0.1, -0.05) is 41.9 Å². The standard InChI is InChI=1S/C17H15BrClNO2/c18-14-8-9-15(19)13-7-4-10-20(16(13)14)17(21)22-11-12-5-2-1-3-6-12/h1-3,5-6,8-9H,4,7,10-11H2. The summed E-state index contributed by atoms with van der Waals surface area (Å²) >= 11 is 9.77. The minimum Gasteiger partial charge on any atom is -0.444 e. The molecule has 0 fully saturated rings. The summed E-state index contributed by atoms with van der Waals surface area (Å²) in [6.45, 7) is 0.906. The molecule has 1 aliphatic heterocycles. The highest BCUT2D eigenvalue weighted by Crippen LogP contribution is 2.39. The van der Waals surface area contributed by atoms with E-state index >= 15 is 0 Å². The molecular formula is C17H15BrClNO2. The van der Waals surface area contributed by atoms with Gasteiger partial charge in [-0.3, -0.25) is 4.90 Å². The average Bonchev–Trinajstić information content (AvgIpc) is 2.56. The molecule has 0 N–H and O–H groups in total. The van der Waals surface area contributed by atoms with E-state index < -0.39 is 0 Å². The molecular weight excluding hydrogens is 366 g/mol. The number of halogens is 2. The summed E-state index contributed by atoms with van der Waals surface area (Å²) in [4.78, 5) is 14.1. The Balaban J connectivity index is 1.79. The van der Waals surface area contributed by atoms with E-state index in [0.29, 0.717) is 11.6 Å². The van der Waals surface area contributed by atoms with E-state index in [2.05, 4.69) is 15.9 Å². The number of anilines is 1. The van der Waals surface area contributed by atoms with Gasteiger partial charge in [0.25, 0.3) is 0 Å². The fraction of sp³-hybridized carbons (Fsp3) is 0.235. The van der Waals surface area contributed by atoms with Crippen molar-refractivity contribution in [2.24, 2.45) is 0 Å². The lowest BCUT2D eigenvalue weighted by Gasteiger charge is -2.30. The SMILES string of the molecule is O=C(OCc1ccccc1)N1CCCc2c(Cl)ccc(Br)c21. The molecule has 22 heavy (non-hydrogen) atoms. The number of rotatable bonds is 2. The second-order valence-corrected chi connectivity index (χ2v) is 6.41. The van der Waals surface area contributed by atoms with Gasteiger partial charge in [0.2, 0.25) is 0 Å². The van der Waals surface area contributed by atoms with Gasteiger partial charge in [-0.25, -0.2) is 4.79 Å². The molecule has 0 saturated carbocycles. The maximum Gasteiger partial charge on any atom is 0.414 e. The average molecular weight is 381 g/mol. The number of benzene rings is 2. The zero-order chi connectivity index (χ0) is 15.5. The highest BCUT2D eigenvalue weighted by Gasteiger charge is 2.27. The van der Waals surface area contributed by atoms with Crippen LogP contribution in [0.2, 0.25) is 5.02 Å². The van der Waals surface area contributed by atoms with Gasteiger partial charge in [0.1, 0.15) is 6.61 Å². The molecule has 3 nitrogen and oxygen atoms in total. The van der Waals surface area contributed by atoms with Crippen molar-refractivity contribution in [1.29, 1.82) is 0 Å². The quantitative estimate of drug-likeness (QED) is 0.717. The summed E-state index contributed by atoms with van der Waals surface area (Å²) in [7, 11) is 0. The van der Waals surface area contributed by atoms with E-state index in [9.17, 15) is 4.79 Å². The van der Waals surface area contributed by atoms with Crippen LogP contribution in [-0.4, -0.2) is 12.6 Å². The number of hydrogen-bond acceptors (Lipinski definition) is 2. The van der Waals surface area contributed by atoms with Crippen molar-refractivity contribution in [3.63, 3.8) is 0 Å². The van der Waals surface area contributed by atoms with Gasteiger partial charge in [0.15, 0.2) is 0 Å². The van der Waals surface area contributed by atoms with Crippen molar-refractivity contribution in [3.8, 4) is 0 Å². The Kier molecular flexibility index (Phi) is 4.69. The maximum absolute atomic E-state index is 12.4. The molecule has 0 saturated heterocycles. The number of fused-ring (bicyclic) bond motifs is 1. The number of carbonyl (C=O) groups excluding carboxylic acids is 1. The molecule has 1 amide bonds. The minimum absolute atomic E-state index is 0.268. The van der Waals surface area contributed by atoms with Crippen LogP contribution in [0.15, 0.2) is 46.9 Å². The molecule has 0 spiro atoms. The third-order valence-electron chi connectivity index (χ3n) is 3.68. The van der Waals surface area contributed by atoms with Crippen LogP contribution in [0.5, 0.6) is 0 Å².